The molecule has 0 amide bonds. The Morgan fingerprint density at radius 2 is 0.577 bits per heavy atom. The third-order valence-electron chi connectivity index (χ3n) is 5.48. The van der Waals surface area contributed by atoms with E-state index in [0.717, 1.165) is 0 Å². The molecule has 0 fully saturated rings. The molecule has 0 saturated heterocycles. The van der Waals surface area contributed by atoms with Crippen LogP contribution >= 0.6 is 7.92 Å². The van der Waals surface area contributed by atoms with E-state index in [1.807, 2.05) is 0 Å². The second kappa shape index (κ2) is 26.3. The maximum absolute atomic E-state index is 2.32. The van der Waals surface area contributed by atoms with E-state index in [9.17, 15) is 0 Å². The zero-order valence-electron chi connectivity index (χ0n) is 19.0. The number of rotatable bonds is 21. The standard InChI is InChI=1S/C24H51P.Bi.3H/c1-4-7-10-13-16-19-22-25(23-20-17-14-11-8-5-2)24-21-18-15-12-9-6-3;;;;/h4-24H2,1-3H3;;;;. The van der Waals surface area contributed by atoms with Crippen molar-refractivity contribution in [3.63, 3.8) is 0 Å². The molecule has 0 spiro atoms. The van der Waals surface area contributed by atoms with Gasteiger partial charge in [0.1, 0.15) is 0 Å². The van der Waals surface area contributed by atoms with E-state index in [0.29, 0.717) is 7.92 Å². The van der Waals surface area contributed by atoms with Gasteiger partial charge in [-0.05, 0) is 37.7 Å². The van der Waals surface area contributed by atoms with Crippen LogP contribution in [0, 0.1) is 0 Å². The molecule has 0 heterocycles. The first-order valence-electron chi connectivity index (χ1n) is 12.1. The van der Waals surface area contributed by atoms with Gasteiger partial charge in [0.25, 0.3) is 0 Å². The summed E-state index contributed by atoms with van der Waals surface area (Å²) in [6, 6.07) is 0. The molecule has 0 aliphatic rings. The van der Waals surface area contributed by atoms with Gasteiger partial charge in [-0.15, -0.1) is 7.92 Å². The second-order valence-electron chi connectivity index (χ2n) is 8.14. The van der Waals surface area contributed by atoms with Crippen LogP contribution in [0.2, 0.25) is 0 Å². The second-order valence-corrected chi connectivity index (χ2v) is 10.8. The Kier molecular flexibility index (Phi) is 29.9. The van der Waals surface area contributed by atoms with E-state index in [2.05, 4.69) is 20.8 Å². The van der Waals surface area contributed by atoms with Gasteiger partial charge in [0, 0.05) is 0 Å². The van der Waals surface area contributed by atoms with E-state index in [-0.39, 0.29) is 26.2 Å². The number of unbranched alkanes of at least 4 members (excludes halogenated alkanes) is 15. The van der Waals surface area contributed by atoms with Gasteiger partial charge in [0.05, 0.1) is 0 Å². The average molecular weight is 583 g/mol. The molecule has 0 nitrogen and oxygen atoms in total. The van der Waals surface area contributed by atoms with Crippen molar-refractivity contribution >= 4 is 34.1 Å². The van der Waals surface area contributed by atoms with E-state index < -0.39 is 0 Å². The molecule has 2 heteroatoms. The molecule has 0 aromatic rings. The van der Waals surface area contributed by atoms with Crippen LogP contribution in [-0.4, -0.2) is 44.7 Å². The zero-order chi connectivity index (χ0) is 18.4. The van der Waals surface area contributed by atoms with Crippen molar-refractivity contribution in [3.8, 4) is 0 Å². The van der Waals surface area contributed by atoms with Gasteiger partial charge in [-0.25, -0.2) is 0 Å². The summed E-state index contributed by atoms with van der Waals surface area (Å²) in [6.45, 7) is 6.96. The summed E-state index contributed by atoms with van der Waals surface area (Å²) in [5.74, 6) is 0. The molecule has 0 radical (unpaired) electrons. The molecule has 0 aliphatic heterocycles. The molecule has 26 heavy (non-hydrogen) atoms. The van der Waals surface area contributed by atoms with Crippen molar-refractivity contribution in [1.29, 1.82) is 0 Å². The van der Waals surface area contributed by atoms with E-state index in [1.165, 1.54) is 116 Å². The molecule has 0 N–H and O–H groups in total. The Balaban J connectivity index is 0. The topological polar surface area (TPSA) is 0 Å². The fourth-order valence-electron chi connectivity index (χ4n) is 3.68. The molecule has 0 aliphatic carbocycles. The predicted molar refractivity (Wildman–Crippen MR) is 132 cm³/mol. The molecule has 0 rings (SSSR count). The summed E-state index contributed by atoms with van der Waals surface area (Å²) in [5.41, 5.74) is 0. The maximum atomic E-state index is 2.32. The van der Waals surface area contributed by atoms with Crippen LogP contribution in [0.5, 0.6) is 0 Å². The fraction of sp³-hybridized carbons (Fsp3) is 1.00. The van der Waals surface area contributed by atoms with Crippen molar-refractivity contribution in [2.24, 2.45) is 0 Å². The van der Waals surface area contributed by atoms with Crippen LogP contribution in [0.25, 0.3) is 0 Å². The van der Waals surface area contributed by atoms with Gasteiger partial charge in [0.2, 0.25) is 0 Å². The van der Waals surface area contributed by atoms with Crippen molar-refractivity contribution in [1.82, 2.24) is 0 Å². The Morgan fingerprint density at radius 3 is 0.846 bits per heavy atom. The summed E-state index contributed by atoms with van der Waals surface area (Å²) in [7, 11) is 0.366. The number of hydrogen-bond acceptors (Lipinski definition) is 0. The molecule has 0 unspecified atom stereocenters. The summed E-state index contributed by atoms with van der Waals surface area (Å²) in [6.07, 6.45) is 31.2. The van der Waals surface area contributed by atoms with Gasteiger partial charge in [-0.2, -0.15) is 0 Å². The van der Waals surface area contributed by atoms with Gasteiger partial charge >= 0.3 is 26.2 Å². The predicted octanol–water partition coefficient (Wildman–Crippen LogP) is 8.37. The Bertz CT molecular complexity index is 194. The molecule has 0 atom stereocenters. The number of hydrogen-bond donors (Lipinski definition) is 0. The third kappa shape index (κ3) is 23.4. The molecular formula is C24H54BiP. The van der Waals surface area contributed by atoms with Crippen LogP contribution in [0.1, 0.15) is 136 Å². The summed E-state index contributed by atoms with van der Waals surface area (Å²) >= 11 is 0. The van der Waals surface area contributed by atoms with Gasteiger partial charge in [-0.1, -0.05) is 117 Å². The first-order valence-corrected chi connectivity index (χ1v) is 14.0. The van der Waals surface area contributed by atoms with Gasteiger partial charge in [-0.3, -0.25) is 0 Å². The minimum atomic E-state index is 0. The first-order chi connectivity index (χ1) is 12.3. The normalized spacial score (nSPS) is 11.1. The van der Waals surface area contributed by atoms with Gasteiger partial charge in [0.15, 0.2) is 0 Å². The van der Waals surface area contributed by atoms with Crippen molar-refractivity contribution in [2.45, 2.75) is 136 Å². The summed E-state index contributed by atoms with van der Waals surface area (Å²) in [4.78, 5) is 0. The van der Waals surface area contributed by atoms with Crippen molar-refractivity contribution in [3.05, 3.63) is 0 Å². The van der Waals surface area contributed by atoms with Crippen LogP contribution in [0.15, 0.2) is 0 Å². The molecule has 0 saturated carbocycles. The van der Waals surface area contributed by atoms with Crippen LogP contribution in [-0.2, 0) is 0 Å². The Labute approximate surface area is 188 Å². The summed E-state index contributed by atoms with van der Waals surface area (Å²) < 4.78 is 0. The molecule has 160 valence electrons. The molecular weight excluding hydrogens is 528 g/mol. The van der Waals surface area contributed by atoms with Crippen LogP contribution in [0.3, 0.4) is 0 Å². The SMILES string of the molecule is CCCCCCCCP(CCCCCCCC)CCCCCCCC.[BiH3]. The first kappa shape index (κ1) is 29.5. The average Bonchev–Trinajstić information content (AvgIpc) is 2.63. The monoisotopic (exact) mass is 582 g/mol. The third-order valence-corrected chi connectivity index (χ3v) is 8.33. The minimum absolute atomic E-state index is 0. The Hall–Kier alpha value is 1.31. The van der Waals surface area contributed by atoms with E-state index >= 15 is 0 Å². The summed E-state index contributed by atoms with van der Waals surface area (Å²) in [5, 5.41) is 0. The fourth-order valence-corrected chi connectivity index (χ4v) is 6.37. The van der Waals surface area contributed by atoms with E-state index in [1.54, 1.807) is 18.5 Å². The molecule has 0 aromatic heterocycles. The Morgan fingerprint density at radius 1 is 0.346 bits per heavy atom. The van der Waals surface area contributed by atoms with Crippen molar-refractivity contribution in [2.75, 3.05) is 18.5 Å². The molecule has 0 bridgehead atoms. The van der Waals surface area contributed by atoms with Crippen molar-refractivity contribution < 1.29 is 0 Å². The molecule has 0 aromatic carbocycles. The van der Waals surface area contributed by atoms with Crippen LogP contribution < -0.4 is 0 Å². The van der Waals surface area contributed by atoms with E-state index in [4.69, 9.17) is 0 Å². The zero-order valence-corrected chi connectivity index (χ0v) is 25.4. The van der Waals surface area contributed by atoms with Gasteiger partial charge < -0.3 is 0 Å². The van der Waals surface area contributed by atoms with Crippen LogP contribution in [0.4, 0.5) is 0 Å². The quantitative estimate of drug-likeness (QED) is 0.0725.